The van der Waals surface area contributed by atoms with Gasteiger partial charge in [-0.3, -0.25) is 0 Å². The standard InChI is InChI=1S/C23H29N7O2S/c1-6-16(13-25-24-5)18-7-8-19-21(26-18)33-23(27-19)31-15(4)17-9-11-30(12-10-17)22-28-20(14(2)3)29-32-22/h6-8,13-15,17H,1,9-12H2,2-5H3/b16-13+,25-24-. The Hall–Kier alpha value is -3.14. The third kappa shape index (κ3) is 5.27. The largest absolute Gasteiger partial charge is 0.467 e. The van der Waals surface area contributed by atoms with Gasteiger partial charge in [0.15, 0.2) is 5.82 Å². The molecule has 33 heavy (non-hydrogen) atoms. The van der Waals surface area contributed by atoms with E-state index in [-0.39, 0.29) is 12.0 Å². The Morgan fingerprint density at radius 3 is 2.70 bits per heavy atom. The highest BCUT2D eigenvalue weighted by atomic mass is 32.1. The van der Waals surface area contributed by atoms with Gasteiger partial charge in [-0.15, -0.1) is 0 Å². The van der Waals surface area contributed by atoms with Crippen molar-refractivity contribution in [2.75, 3.05) is 25.0 Å². The molecule has 4 heterocycles. The van der Waals surface area contributed by atoms with Gasteiger partial charge in [0.05, 0.1) is 11.9 Å². The second-order valence-electron chi connectivity index (χ2n) is 8.34. The number of allylic oxidation sites excluding steroid dienone is 2. The van der Waals surface area contributed by atoms with Gasteiger partial charge in [-0.1, -0.05) is 43.0 Å². The zero-order valence-corrected chi connectivity index (χ0v) is 20.2. The smallest absolute Gasteiger partial charge is 0.324 e. The van der Waals surface area contributed by atoms with Crippen LogP contribution in [0.3, 0.4) is 0 Å². The van der Waals surface area contributed by atoms with Gasteiger partial charge in [0.1, 0.15) is 16.5 Å². The number of nitrogens with zero attached hydrogens (tertiary/aromatic N) is 7. The molecule has 0 bridgehead atoms. The normalized spacial score (nSPS) is 16.8. The minimum Gasteiger partial charge on any atom is -0.467 e. The van der Waals surface area contributed by atoms with E-state index in [1.54, 1.807) is 19.3 Å². The molecule has 1 fully saturated rings. The van der Waals surface area contributed by atoms with E-state index in [4.69, 9.17) is 14.2 Å². The molecule has 9 nitrogen and oxygen atoms in total. The van der Waals surface area contributed by atoms with Crippen LogP contribution in [-0.4, -0.2) is 46.3 Å². The molecule has 3 aromatic heterocycles. The van der Waals surface area contributed by atoms with Gasteiger partial charge < -0.3 is 14.2 Å². The van der Waals surface area contributed by atoms with Crippen molar-refractivity contribution in [1.29, 1.82) is 0 Å². The molecule has 1 aliphatic heterocycles. The van der Waals surface area contributed by atoms with Gasteiger partial charge in [0.2, 0.25) is 0 Å². The minimum atomic E-state index is 0.0506. The molecule has 0 saturated carbocycles. The van der Waals surface area contributed by atoms with Crippen LogP contribution in [0, 0.1) is 5.92 Å². The van der Waals surface area contributed by atoms with Gasteiger partial charge in [-0.05, 0) is 37.8 Å². The summed E-state index contributed by atoms with van der Waals surface area (Å²) in [6.45, 7) is 11.8. The fourth-order valence-electron chi connectivity index (χ4n) is 3.76. The minimum absolute atomic E-state index is 0.0506. The number of thiazole rings is 1. The summed E-state index contributed by atoms with van der Waals surface area (Å²) in [7, 11) is 1.62. The van der Waals surface area contributed by atoms with Crippen LogP contribution in [-0.2, 0) is 0 Å². The van der Waals surface area contributed by atoms with Crippen LogP contribution in [0.4, 0.5) is 6.01 Å². The number of anilines is 1. The molecular formula is C23H29N7O2S. The van der Waals surface area contributed by atoms with E-state index >= 15 is 0 Å². The summed E-state index contributed by atoms with van der Waals surface area (Å²) in [6.07, 6.45) is 5.40. The summed E-state index contributed by atoms with van der Waals surface area (Å²) in [5.41, 5.74) is 2.40. The fraction of sp³-hybridized carbons (Fsp3) is 0.478. The number of pyridine rings is 1. The van der Waals surface area contributed by atoms with E-state index in [1.165, 1.54) is 11.3 Å². The molecule has 174 valence electrons. The predicted octanol–water partition coefficient (Wildman–Crippen LogP) is 5.49. The Balaban J connectivity index is 1.38. The molecule has 10 heteroatoms. The first kappa shape index (κ1) is 23.0. The second kappa shape index (κ2) is 10.2. The van der Waals surface area contributed by atoms with Crippen molar-refractivity contribution >= 4 is 33.3 Å². The number of ether oxygens (including phenoxy) is 1. The van der Waals surface area contributed by atoms with Crippen LogP contribution in [0.5, 0.6) is 5.19 Å². The summed E-state index contributed by atoms with van der Waals surface area (Å²) >= 11 is 1.45. The third-order valence-electron chi connectivity index (χ3n) is 5.77. The molecule has 0 amide bonds. The van der Waals surface area contributed by atoms with E-state index in [2.05, 4.69) is 57.6 Å². The summed E-state index contributed by atoms with van der Waals surface area (Å²) in [6, 6.07) is 4.47. The highest BCUT2D eigenvalue weighted by Crippen LogP contribution is 2.32. The first-order valence-electron chi connectivity index (χ1n) is 11.1. The predicted molar refractivity (Wildman–Crippen MR) is 130 cm³/mol. The number of aromatic nitrogens is 4. The second-order valence-corrected chi connectivity index (χ2v) is 9.28. The monoisotopic (exact) mass is 467 g/mol. The molecule has 0 radical (unpaired) electrons. The van der Waals surface area contributed by atoms with Crippen molar-refractivity contribution in [2.45, 2.75) is 45.6 Å². The fourth-order valence-corrected chi connectivity index (χ4v) is 4.63. The molecule has 3 aromatic rings. The maximum Gasteiger partial charge on any atom is 0.324 e. The average Bonchev–Trinajstić information content (AvgIpc) is 3.46. The van der Waals surface area contributed by atoms with Crippen molar-refractivity contribution in [3.05, 3.63) is 42.5 Å². The Labute approximate surface area is 197 Å². The maximum absolute atomic E-state index is 6.24. The lowest BCUT2D eigenvalue weighted by atomic mass is 9.92. The van der Waals surface area contributed by atoms with Crippen LogP contribution in [0.25, 0.3) is 15.9 Å². The third-order valence-corrected chi connectivity index (χ3v) is 6.63. The molecule has 0 aliphatic carbocycles. The number of piperidine rings is 1. The number of fused-ring (bicyclic) bond motifs is 1. The Bertz CT molecular complexity index is 1160. The van der Waals surface area contributed by atoms with Crippen molar-refractivity contribution < 1.29 is 9.26 Å². The van der Waals surface area contributed by atoms with Crippen LogP contribution < -0.4 is 9.64 Å². The van der Waals surface area contributed by atoms with Gasteiger partial charge in [0, 0.05) is 31.6 Å². The van der Waals surface area contributed by atoms with Crippen LogP contribution >= 0.6 is 11.3 Å². The van der Waals surface area contributed by atoms with E-state index in [0.717, 1.165) is 53.4 Å². The summed E-state index contributed by atoms with van der Waals surface area (Å²) < 4.78 is 11.7. The molecule has 1 aliphatic rings. The topological polar surface area (TPSA) is 102 Å². The first-order chi connectivity index (χ1) is 16.0. The molecule has 1 unspecified atom stereocenters. The van der Waals surface area contributed by atoms with E-state index in [1.807, 2.05) is 12.1 Å². The molecular weight excluding hydrogens is 438 g/mol. The van der Waals surface area contributed by atoms with Gasteiger partial charge in [-0.25, -0.2) is 9.97 Å². The number of rotatable bonds is 8. The zero-order chi connectivity index (χ0) is 23.4. The van der Waals surface area contributed by atoms with Crippen molar-refractivity contribution in [3.63, 3.8) is 0 Å². The Morgan fingerprint density at radius 2 is 2.03 bits per heavy atom. The molecule has 4 rings (SSSR count). The number of hydrogen-bond acceptors (Lipinski definition) is 10. The summed E-state index contributed by atoms with van der Waals surface area (Å²) in [5.74, 6) is 1.44. The van der Waals surface area contributed by atoms with Gasteiger partial charge in [0.25, 0.3) is 5.19 Å². The maximum atomic E-state index is 6.24. The number of azo groups is 1. The highest BCUT2D eigenvalue weighted by Gasteiger charge is 2.28. The molecule has 0 spiro atoms. The SMILES string of the molecule is C=C/C(=C\N=N/C)c1ccc2nc(OC(C)C3CCN(c4nc(C(C)C)no4)CC3)sc2n1. The lowest BCUT2D eigenvalue weighted by molar-refractivity contribution is 0.131. The molecule has 0 N–H and O–H groups in total. The zero-order valence-electron chi connectivity index (χ0n) is 19.4. The Kier molecular flexibility index (Phi) is 7.12. The van der Waals surface area contributed by atoms with Gasteiger partial charge >= 0.3 is 6.01 Å². The lowest BCUT2D eigenvalue weighted by Gasteiger charge is -2.33. The Morgan fingerprint density at radius 1 is 1.24 bits per heavy atom. The average molecular weight is 468 g/mol. The summed E-state index contributed by atoms with van der Waals surface area (Å²) in [4.78, 5) is 16.8. The number of hydrogen-bond donors (Lipinski definition) is 0. The molecule has 1 atom stereocenters. The lowest BCUT2D eigenvalue weighted by Crippen LogP contribution is -2.38. The molecule has 0 aromatic carbocycles. The van der Waals surface area contributed by atoms with Crippen LogP contribution in [0.15, 0.2) is 45.7 Å². The van der Waals surface area contributed by atoms with E-state index in [9.17, 15) is 0 Å². The van der Waals surface area contributed by atoms with Crippen LogP contribution in [0.2, 0.25) is 0 Å². The van der Waals surface area contributed by atoms with Crippen LogP contribution in [0.1, 0.15) is 51.0 Å². The first-order valence-corrected chi connectivity index (χ1v) is 11.9. The van der Waals surface area contributed by atoms with Crippen molar-refractivity contribution in [3.8, 4) is 5.19 Å². The quantitative estimate of drug-likeness (QED) is 0.319. The van der Waals surface area contributed by atoms with Gasteiger partial charge in [-0.2, -0.15) is 15.2 Å². The van der Waals surface area contributed by atoms with Crippen molar-refractivity contribution in [1.82, 2.24) is 20.1 Å². The van der Waals surface area contributed by atoms with Crippen molar-refractivity contribution in [2.24, 2.45) is 16.1 Å². The van der Waals surface area contributed by atoms with E-state index in [0.29, 0.717) is 17.1 Å². The highest BCUT2D eigenvalue weighted by molar-refractivity contribution is 7.19. The molecule has 1 saturated heterocycles. The summed E-state index contributed by atoms with van der Waals surface area (Å²) in [5, 5.41) is 12.4. The van der Waals surface area contributed by atoms with E-state index < -0.39 is 0 Å².